The Morgan fingerprint density at radius 1 is 1.53 bits per heavy atom. The van der Waals surface area contributed by atoms with Crippen molar-refractivity contribution in [3.05, 3.63) is 29.6 Å². The van der Waals surface area contributed by atoms with E-state index in [1.807, 2.05) is 0 Å². The topological polar surface area (TPSA) is 78.9 Å². The number of hydrogen-bond acceptors (Lipinski definition) is 3. The highest BCUT2D eigenvalue weighted by Gasteiger charge is 2.20. The standard InChI is InChI=1S/C12H13FN2O4/c13-9-3-1-2-8(11(16)17)10(9)19-7-6-15-5-4-14-12(15)18/h1-3H,4-7H2,(H,14,18)(H,16,17). The van der Waals surface area contributed by atoms with Gasteiger partial charge in [0, 0.05) is 13.1 Å². The lowest BCUT2D eigenvalue weighted by molar-refractivity contribution is 0.0690. The molecule has 19 heavy (non-hydrogen) atoms. The molecule has 2 amide bonds. The molecule has 0 aromatic heterocycles. The first-order valence-electron chi connectivity index (χ1n) is 5.77. The first-order valence-corrected chi connectivity index (χ1v) is 5.77. The smallest absolute Gasteiger partial charge is 0.339 e. The van der Waals surface area contributed by atoms with E-state index in [1.165, 1.54) is 17.0 Å². The van der Waals surface area contributed by atoms with Crippen molar-refractivity contribution in [2.24, 2.45) is 0 Å². The molecule has 2 N–H and O–H groups in total. The molecule has 6 nitrogen and oxygen atoms in total. The van der Waals surface area contributed by atoms with Gasteiger partial charge in [-0.25, -0.2) is 14.0 Å². The van der Waals surface area contributed by atoms with Crippen LogP contribution in [0.2, 0.25) is 0 Å². The minimum Gasteiger partial charge on any atom is -0.488 e. The summed E-state index contributed by atoms with van der Waals surface area (Å²) in [5.41, 5.74) is -0.231. The summed E-state index contributed by atoms with van der Waals surface area (Å²) in [5.74, 6) is -2.28. The van der Waals surface area contributed by atoms with E-state index in [4.69, 9.17) is 9.84 Å². The number of nitrogens with zero attached hydrogens (tertiary/aromatic N) is 1. The molecule has 2 rings (SSSR count). The molecular weight excluding hydrogens is 255 g/mol. The molecule has 1 aliphatic heterocycles. The van der Waals surface area contributed by atoms with Crippen LogP contribution in [-0.4, -0.2) is 48.2 Å². The van der Waals surface area contributed by atoms with Gasteiger partial charge in [-0.3, -0.25) is 0 Å². The summed E-state index contributed by atoms with van der Waals surface area (Å²) in [6.07, 6.45) is 0. The Kier molecular flexibility index (Phi) is 3.84. The minimum absolute atomic E-state index is 0.0363. The molecule has 1 heterocycles. The van der Waals surface area contributed by atoms with Crippen LogP contribution in [0.1, 0.15) is 10.4 Å². The summed E-state index contributed by atoms with van der Waals surface area (Å²) >= 11 is 0. The summed E-state index contributed by atoms with van der Waals surface area (Å²) in [4.78, 5) is 23.7. The van der Waals surface area contributed by atoms with Crippen LogP contribution in [-0.2, 0) is 0 Å². The second-order valence-corrected chi connectivity index (χ2v) is 3.99. The number of carboxylic acids is 1. The van der Waals surface area contributed by atoms with Crippen molar-refractivity contribution in [1.82, 2.24) is 10.2 Å². The van der Waals surface area contributed by atoms with Gasteiger partial charge in [0.2, 0.25) is 0 Å². The van der Waals surface area contributed by atoms with Crippen LogP contribution in [0.15, 0.2) is 18.2 Å². The Labute approximate surface area is 108 Å². The van der Waals surface area contributed by atoms with E-state index in [0.29, 0.717) is 13.1 Å². The highest BCUT2D eigenvalue weighted by atomic mass is 19.1. The van der Waals surface area contributed by atoms with E-state index < -0.39 is 11.8 Å². The average Bonchev–Trinajstić information content (AvgIpc) is 2.77. The number of benzene rings is 1. The molecule has 0 atom stereocenters. The van der Waals surface area contributed by atoms with Crippen molar-refractivity contribution < 1.29 is 23.8 Å². The zero-order valence-corrected chi connectivity index (χ0v) is 10.1. The molecule has 1 aromatic carbocycles. The Balaban J connectivity index is 1.99. The largest absolute Gasteiger partial charge is 0.488 e. The molecule has 1 aliphatic rings. The van der Waals surface area contributed by atoms with E-state index in [9.17, 15) is 14.0 Å². The maximum absolute atomic E-state index is 13.5. The third-order valence-electron chi connectivity index (χ3n) is 2.75. The Hall–Kier alpha value is -2.31. The number of para-hydroxylation sites is 1. The molecule has 7 heteroatoms. The molecule has 0 bridgehead atoms. The zero-order chi connectivity index (χ0) is 13.8. The number of ether oxygens (including phenoxy) is 1. The lowest BCUT2D eigenvalue weighted by Gasteiger charge is -2.15. The van der Waals surface area contributed by atoms with Crippen LogP contribution in [0.4, 0.5) is 9.18 Å². The first-order chi connectivity index (χ1) is 9.09. The molecule has 0 unspecified atom stereocenters. The SMILES string of the molecule is O=C(O)c1cccc(F)c1OCCN1CCNC1=O. The predicted molar refractivity (Wildman–Crippen MR) is 63.8 cm³/mol. The molecule has 0 aliphatic carbocycles. The number of nitrogens with one attached hydrogen (secondary N) is 1. The van der Waals surface area contributed by atoms with Gasteiger partial charge in [-0.15, -0.1) is 0 Å². The van der Waals surface area contributed by atoms with Gasteiger partial charge in [-0.1, -0.05) is 6.07 Å². The molecular formula is C12H13FN2O4. The van der Waals surface area contributed by atoms with E-state index >= 15 is 0 Å². The molecule has 0 radical (unpaired) electrons. The maximum atomic E-state index is 13.5. The van der Waals surface area contributed by atoms with Gasteiger partial charge < -0.3 is 20.1 Å². The third-order valence-corrected chi connectivity index (χ3v) is 2.75. The van der Waals surface area contributed by atoms with Gasteiger partial charge in [0.25, 0.3) is 0 Å². The van der Waals surface area contributed by atoms with Crippen LogP contribution < -0.4 is 10.1 Å². The number of rotatable bonds is 5. The van der Waals surface area contributed by atoms with Gasteiger partial charge in [-0.05, 0) is 12.1 Å². The molecule has 1 fully saturated rings. The van der Waals surface area contributed by atoms with Crippen molar-refractivity contribution in [3.63, 3.8) is 0 Å². The monoisotopic (exact) mass is 268 g/mol. The van der Waals surface area contributed by atoms with E-state index in [0.717, 1.165) is 6.07 Å². The fourth-order valence-corrected chi connectivity index (χ4v) is 1.81. The van der Waals surface area contributed by atoms with Crippen LogP contribution in [0.25, 0.3) is 0 Å². The summed E-state index contributed by atoms with van der Waals surface area (Å²) in [7, 11) is 0. The van der Waals surface area contributed by atoms with Gasteiger partial charge in [0.15, 0.2) is 11.6 Å². The number of carboxylic acid groups (broad SMARTS) is 1. The number of urea groups is 1. The van der Waals surface area contributed by atoms with Gasteiger partial charge >= 0.3 is 12.0 Å². The fraction of sp³-hybridized carbons (Fsp3) is 0.333. The highest BCUT2D eigenvalue weighted by molar-refractivity contribution is 5.90. The molecule has 1 saturated heterocycles. The lowest BCUT2D eigenvalue weighted by atomic mass is 10.2. The van der Waals surface area contributed by atoms with Gasteiger partial charge in [0.05, 0.1) is 6.54 Å². The predicted octanol–water partition coefficient (Wildman–Crippen LogP) is 0.928. The number of hydrogen-bond donors (Lipinski definition) is 2. The van der Waals surface area contributed by atoms with Crippen LogP contribution >= 0.6 is 0 Å². The van der Waals surface area contributed by atoms with Gasteiger partial charge in [-0.2, -0.15) is 0 Å². The molecule has 1 aromatic rings. The van der Waals surface area contributed by atoms with Crippen molar-refractivity contribution in [1.29, 1.82) is 0 Å². The summed E-state index contributed by atoms with van der Waals surface area (Å²) in [6, 6.07) is 3.50. The van der Waals surface area contributed by atoms with E-state index in [2.05, 4.69) is 5.32 Å². The van der Waals surface area contributed by atoms with Gasteiger partial charge in [0.1, 0.15) is 12.2 Å². The Bertz CT molecular complexity index is 507. The first kappa shape index (κ1) is 13.1. The molecule has 0 spiro atoms. The normalized spacial score (nSPS) is 14.4. The maximum Gasteiger partial charge on any atom is 0.339 e. The summed E-state index contributed by atoms with van der Waals surface area (Å²) < 4.78 is 18.7. The van der Waals surface area contributed by atoms with Crippen LogP contribution in [0, 0.1) is 5.82 Å². The minimum atomic E-state index is -1.26. The molecule has 0 saturated carbocycles. The third kappa shape index (κ3) is 2.93. The van der Waals surface area contributed by atoms with Crippen molar-refractivity contribution >= 4 is 12.0 Å². The number of carbonyl (C=O) groups excluding carboxylic acids is 1. The zero-order valence-electron chi connectivity index (χ0n) is 10.1. The Morgan fingerprint density at radius 3 is 2.95 bits per heavy atom. The lowest BCUT2D eigenvalue weighted by Crippen LogP contribution is -2.32. The van der Waals surface area contributed by atoms with Crippen molar-refractivity contribution in [3.8, 4) is 5.75 Å². The van der Waals surface area contributed by atoms with E-state index in [1.54, 1.807) is 0 Å². The fourth-order valence-electron chi connectivity index (χ4n) is 1.81. The van der Waals surface area contributed by atoms with Crippen molar-refractivity contribution in [2.75, 3.05) is 26.2 Å². The van der Waals surface area contributed by atoms with Crippen molar-refractivity contribution in [2.45, 2.75) is 0 Å². The number of carbonyl (C=O) groups is 2. The number of aromatic carboxylic acids is 1. The average molecular weight is 268 g/mol. The van der Waals surface area contributed by atoms with Crippen LogP contribution in [0.5, 0.6) is 5.75 Å². The summed E-state index contributed by atoms with van der Waals surface area (Å²) in [5, 5.41) is 11.5. The quantitative estimate of drug-likeness (QED) is 0.832. The number of amides is 2. The van der Waals surface area contributed by atoms with E-state index in [-0.39, 0.29) is 30.5 Å². The van der Waals surface area contributed by atoms with Crippen LogP contribution in [0.3, 0.4) is 0 Å². The Morgan fingerprint density at radius 2 is 2.32 bits per heavy atom. The molecule has 102 valence electrons. The summed E-state index contributed by atoms with van der Waals surface area (Å²) in [6.45, 7) is 1.44. The second-order valence-electron chi connectivity index (χ2n) is 3.99. The number of halogens is 1. The highest BCUT2D eigenvalue weighted by Crippen LogP contribution is 2.22. The second kappa shape index (κ2) is 5.55.